The van der Waals surface area contributed by atoms with Crippen LogP contribution in [-0.4, -0.2) is 34.8 Å². The molecule has 0 saturated carbocycles. The van der Waals surface area contributed by atoms with Gasteiger partial charge in [0, 0.05) is 5.39 Å². The van der Waals surface area contributed by atoms with Crippen molar-refractivity contribution in [3.05, 3.63) is 40.7 Å². The first-order chi connectivity index (χ1) is 11.5. The Morgan fingerprint density at radius 2 is 2.04 bits per heavy atom. The van der Waals surface area contributed by atoms with E-state index in [1.165, 1.54) is 18.0 Å². The number of hydrogen-bond donors (Lipinski definition) is 1. The molecule has 0 aliphatic heterocycles. The van der Waals surface area contributed by atoms with Crippen molar-refractivity contribution < 1.29 is 14.3 Å². The molecular weight excluding hydrogens is 310 g/mol. The normalized spacial score (nSPS) is 13.3. The summed E-state index contributed by atoms with van der Waals surface area (Å²) < 4.78 is 6.20. The molecule has 1 N–H and O–H groups in total. The summed E-state index contributed by atoms with van der Waals surface area (Å²) in [7, 11) is 1.29. The van der Waals surface area contributed by atoms with Crippen LogP contribution in [0.15, 0.2) is 35.3 Å². The van der Waals surface area contributed by atoms with Gasteiger partial charge in [-0.25, -0.2) is 4.79 Å². The molecule has 0 spiro atoms. The number of esters is 1. The van der Waals surface area contributed by atoms with Gasteiger partial charge in [-0.3, -0.25) is 14.3 Å². The molecule has 0 aliphatic carbocycles. The Kier molecular flexibility index (Phi) is 5.68. The fourth-order valence-electron chi connectivity index (χ4n) is 2.44. The van der Waals surface area contributed by atoms with Gasteiger partial charge in [0.1, 0.15) is 12.6 Å². The van der Waals surface area contributed by atoms with Crippen LogP contribution in [-0.2, 0) is 20.9 Å². The Morgan fingerprint density at radius 3 is 2.71 bits per heavy atom. The van der Waals surface area contributed by atoms with Crippen molar-refractivity contribution in [3.63, 3.8) is 0 Å². The summed E-state index contributed by atoms with van der Waals surface area (Å²) in [4.78, 5) is 36.0. The van der Waals surface area contributed by atoms with E-state index in [9.17, 15) is 14.4 Å². The van der Waals surface area contributed by atoms with Crippen LogP contribution in [0.4, 0.5) is 0 Å². The van der Waals surface area contributed by atoms with Crippen molar-refractivity contribution in [2.24, 2.45) is 5.92 Å². The number of ether oxygens (including phenoxy) is 1. The molecule has 0 saturated heterocycles. The van der Waals surface area contributed by atoms with E-state index in [0.717, 1.165) is 6.42 Å². The molecule has 2 rings (SSSR count). The van der Waals surface area contributed by atoms with Gasteiger partial charge in [0.15, 0.2) is 0 Å². The molecule has 0 aliphatic rings. The predicted octanol–water partition coefficient (Wildman–Crippen LogP) is 1.10. The number of carbonyl (C=O) groups excluding carboxylic acids is 2. The second-order valence-corrected chi connectivity index (χ2v) is 5.64. The monoisotopic (exact) mass is 331 g/mol. The van der Waals surface area contributed by atoms with Gasteiger partial charge < -0.3 is 10.1 Å². The fraction of sp³-hybridized carbons (Fsp3) is 0.412. The third-order valence-corrected chi connectivity index (χ3v) is 4.04. The summed E-state index contributed by atoms with van der Waals surface area (Å²) in [6, 6.07) is 6.23. The van der Waals surface area contributed by atoms with E-state index >= 15 is 0 Å². The molecular formula is C17H21N3O4. The topological polar surface area (TPSA) is 90.3 Å². The second kappa shape index (κ2) is 7.72. The van der Waals surface area contributed by atoms with Crippen molar-refractivity contribution in [2.75, 3.05) is 7.11 Å². The van der Waals surface area contributed by atoms with Gasteiger partial charge in [-0.05, 0) is 18.1 Å². The minimum atomic E-state index is -0.710. The Bertz CT molecular complexity index is 800. The molecule has 2 aromatic rings. The van der Waals surface area contributed by atoms with Crippen molar-refractivity contribution in [1.29, 1.82) is 0 Å². The number of para-hydroxylation sites is 1. The first-order valence-electron chi connectivity index (χ1n) is 7.80. The number of fused-ring (bicyclic) bond motifs is 1. The number of benzene rings is 1. The van der Waals surface area contributed by atoms with Crippen LogP contribution in [0.1, 0.15) is 20.3 Å². The SMILES string of the molecule is CC[C@H](C)[C@H](NC(=O)Cn1ncc(=O)c2ccccc21)C(=O)OC. The Labute approximate surface area is 139 Å². The average Bonchev–Trinajstić information content (AvgIpc) is 2.61. The number of nitrogens with zero attached hydrogens (tertiary/aromatic N) is 2. The zero-order valence-corrected chi connectivity index (χ0v) is 14.0. The largest absolute Gasteiger partial charge is 0.467 e. The lowest BCUT2D eigenvalue weighted by Crippen LogP contribution is -2.46. The van der Waals surface area contributed by atoms with Gasteiger partial charge in [0.2, 0.25) is 11.3 Å². The van der Waals surface area contributed by atoms with Crippen LogP contribution < -0.4 is 10.7 Å². The second-order valence-electron chi connectivity index (χ2n) is 5.64. The maximum atomic E-state index is 12.3. The molecule has 1 heterocycles. The Morgan fingerprint density at radius 1 is 1.33 bits per heavy atom. The predicted molar refractivity (Wildman–Crippen MR) is 89.4 cm³/mol. The molecule has 0 bridgehead atoms. The number of hydrogen-bond acceptors (Lipinski definition) is 5. The van der Waals surface area contributed by atoms with E-state index in [-0.39, 0.29) is 23.8 Å². The van der Waals surface area contributed by atoms with Crippen LogP contribution in [0, 0.1) is 5.92 Å². The minimum absolute atomic E-state index is 0.0554. The molecule has 128 valence electrons. The van der Waals surface area contributed by atoms with Gasteiger partial charge >= 0.3 is 5.97 Å². The number of nitrogens with one attached hydrogen (secondary N) is 1. The summed E-state index contributed by atoms with van der Waals surface area (Å²) >= 11 is 0. The molecule has 1 amide bonds. The average molecular weight is 331 g/mol. The number of aromatic nitrogens is 2. The van der Waals surface area contributed by atoms with E-state index < -0.39 is 12.0 Å². The highest BCUT2D eigenvalue weighted by atomic mass is 16.5. The van der Waals surface area contributed by atoms with Gasteiger partial charge in [-0.1, -0.05) is 32.4 Å². The number of amides is 1. The zero-order chi connectivity index (χ0) is 17.7. The van der Waals surface area contributed by atoms with Crippen molar-refractivity contribution in [1.82, 2.24) is 15.1 Å². The van der Waals surface area contributed by atoms with E-state index in [2.05, 4.69) is 10.4 Å². The third-order valence-electron chi connectivity index (χ3n) is 4.04. The molecule has 0 fully saturated rings. The molecule has 1 aromatic heterocycles. The summed E-state index contributed by atoms with van der Waals surface area (Å²) in [6.07, 6.45) is 1.90. The van der Waals surface area contributed by atoms with Crippen molar-refractivity contribution in [2.45, 2.75) is 32.9 Å². The van der Waals surface area contributed by atoms with Crippen molar-refractivity contribution >= 4 is 22.8 Å². The molecule has 0 unspecified atom stereocenters. The van der Waals surface area contributed by atoms with Crippen LogP contribution in [0.5, 0.6) is 0 Å². The van der Waals surface area contributed by atoms with Crippen LogP contribution in [0.2, 0.25) is 0 Å². The first-order valence-corrected chi connectivity index (χ1v) is 7.80. The molecule has 24 heavy (non-hydrogen) atoms. The highest BCUT2D eigenvalue weighted by molar-refractivity contribution is 5.86. The maximum absolute atomic E-state index is 12.3. The zero-order valence-electron chi connectivity index (χ0n) is 14.0. The first kappa shape index (κ1) is 17.7. The number of rotatable bonds is 6. The molecule has 7 heteroatoms. The van der Waals surface area contributed by atoms with Crippen LogP contribution in [0.3, 0.4) is 0 Å². The highest BCUT2D eigenvalue weighted by Crippen LogP contribution is 2.10. The molecule has 0 radical (unpaired) electrons. The number of carbonyl (C=O) groups is 2. The molecule has 1 aromatic carbocycles. The summed E-state index contributed by atoms with van der Waals surface area (Å²) in [5.74, 6) is -0.900. The minimum Gasteiger partial charge on any atom is -0.467 e. The van der Waals surface area contributed by atoms with Gasteiger partial charge in [0.05, 0.1) is 18.8 Å². The Balaban J connectivity index is 2.22. The van der Waals surface area contributed by atoms with E-state index in [1.54, 1.807) is 24.3 Å². The smallest absolute Gasteiger partial charge is 0.328 e. The number of methoxy groups -OCH3 is 1. The van der Waals surface area contributed by atoms with Gasteiger partial charge in [-0.2, -0.15) is 5.10 Å². The maximum Gasteiger partial charge on any atom is 0.328 e. The lowest BCUT2D eigenvalue weighted by Gasteiger charge is -2.22. The van der Waals surface area contributed by atoms with Crippen LogP contribution in [0.25, 0.3) is 10.9 Å². The Hall–Kier alpha value is -2.70. The standard InChI is InChI=1S/C17H21N3O4/c1-4-11(2)16(17(23)24-3)19-15(22)10-20-13-8-6-5-7-12(13)14(21)9-18-20/h5-9,11,16H,4,10H2,1-3H3,(H,19,22)/t11-,16-/m0/s1. The van der Waals surface area contributed by atoms with E-state index in [4.69, 9.17) is 4.74 Å². The third kappa shape index (κ3) is 3.79. The van der Waals surface area contributed by atoms with Gasteiger partial charge in [0.25, 0.3) is 0 Å². The highest BCUT2D eigenvalue weighted by Gasteiger charge is 2.26. The fourth-order valence-corrected chi connectivity index (χ4v) is 2.44. The summed E-state index contributed by atoms with van der Waals surface area (Å²) in [6.45, 7) is 3.71. The summed E-state index contributed by atoms with van der Waals surface area (Å²) in [5, 5.41) is 7.20. The lowest BCUT2D eigenvalue weighted by molar-refractivity contribution is -0.146. The van der Waals surface area contributed by atoms with E-state index in [1.807, 2.05) is 13.8 Å². The van der Waals surface area contributed by atoms with Crippen molar-refractivity contribution in [3.8, 4) is 0 Å². The lowest BCUT2D eigenvalue weighted by atomic mass is 9.99. The molecule has 7 nitrogen and oxygen atoms in total. The van der Waals surface area contributed by atoms with Gasteiger partial charge in [-0.15, -0.1) is 0 Å². The van der Waals surface area contributed by atoms with Crippen LogP contribution >= 0.6 is 0 Å². The van der Waals surface area contributed by atoms with E-state index in [0.29, 0.717) is 10.9 Å². The summed E-state index contributed by atoms with van der Waals surface area (Å²) in [5.41, 5.74) is 0.368. The quantitative estimate of drug-likeness (QED) is 0.801. The molecule has 2 atom stereocenters.